The lowest BCUT2D eigenvalue weighted by atomic mass is 9.88. The number of ketones is 1. The molecule has 0 aliphatic rings. The van der Waals surface area contributed by atoms with Crippen molar-refractivity contribution in [3.05, 3.63) is 12.2 Å². The first-order valence-electron chi connectivity index (χ1n) is 11.8. The van der Waals surface area contributed by atoms with Gasteiger partial charge in [0, 0.05) is 6.42 Å². The van der Waals surface area contributed by atoms with Crippen LogP contribution in [0, 0.1) is 0 Å². The van der Waals surface area contributed by atoms with Crippen molar-refractivity contribution in [3.8, 4) is 0 Å². The summed E-state index contributed by atoms with van der Waals surface area (Å²) >= 11 is 0. The molecule has 0 heterocycles. The number of hydrogen-bond acceptors (Lipinski definition) is 7. The first-order valence-corrected chi connectivity index (χ1v) is 13.1. The molecule has 0 saturated carbocycles. The quantitative estimate of drug-likeness (QED) is 0.189. The molecule has 0 rings (SSSR count). The highest BCUT2D eigenvalue weighted by Crippen LogP contribution is 2.19. The lowest BCUT2D eigenvalue weighted by Crippen LogP contribution is -2.57. The number of Topliss-reactive ketones (excluding diaryl/α,β-unsaturated/α-hetero) is 1. The van der Waals surface area contributed by atoms with Crippen LogP contribution in [-0.4, -0.2) is 44.7 Å². The van der Waals surface area contributed by atoms with Crippen molar-refractivity contribution < 1.29 is 26.7 Å². The van der Waals surface area contributed by atoms with E-state index in [4.69, 9.17) is 9.92 Å². The van der Waals surface area contributed by atoms with Crippen molar-refractivity contribution in [1.29, 1.82) is 0 Å². The fourth-order valence-corrected chi connectivity index (χ4v) is 3.93. The highest BCUT2D eigenvalue weighted by atomic mass is 32.3. The molecule has 0 saturated heterocycles. The summed E-state index contributed by atoms with van der Waals surface area (Å²) in [4.78, 5) is 12.4. The van der Waals surface area contributed by atoms with Crippen molar-refractivity contribution >= 4 is 16.2 Å². The second-order valence-corrected chi connectivity index (χ2v) is 9.72. The van der Waals surface area contributed by atoms with E-state index in [0.717, 1.165) is 39.2 Å². The number of hydrogen-bond donors (Lipinski definition) is 2. The van der Waals surface area contributed by atoms with Gasteiger partial charge < -0.3 is 10.8 Å². The molecule has 0 aromatic heterocycles. The highest BCUT2D eigenvalue weighted by Gasteiger charge is 2.40. The molecule has 31 heavy (non-hydrogen) atoms. The maximum absolute atomic E-state index is 12.4. The van der Waals surface area contributed by atoms with Crippen molar-refractivity contribution in [3.63, 3.8) is 0 Å². The van der Waals surface area contributed by atoms with Crippen molar-refractivity contribution in [2.75, 3.05) is 13.7 Å². The zero-order chi connectivity index (χ0) is 23.6. The molecule has 8 heteroatoms. The van der Waals surface area contributed by atoms with Gasteiger partial charge in [0.15, 0.2) is 5.78 Å². The molecular formula is C23H45NO6S. The largest absolute Gasteiger partial charge is 0.400 e. The van der Waals surface area contributed by atoms with Gasteiger partial charge in [-0.25, -0.2) is 4.18 Å². The number of nitrogens with two attached hydrogens (primary N) is 1. The first-order chi connectivity index (χ1) is 14.7. The molecule has 0 bridgehead atoms. The van der Waals surface area contributed by atoms with E-state index in [9.17, 15) is 18.3 Å². The molecule has 0 aromatic rings. The minimum absolute atomic E-state index is 0.220. The molecular weight excluding hydrogens is 418 g/mol. The van der Waals surface area contributed by atoms with E-state index in [2.05, 4.69) is 23.3 Å². The first kappa shape index (κ1) is 30.2. The monoisotopic (exact) mass is 463 g/mol. The Balaban J connectivity index is 3.88. The predicted octanol–water partition coefficient (Wildman–Crippen LogP) is 4.58. The second-order valence-electron chi connectivity index (χ2n) is 8.38. The topological polar surface area (TPSA) is 116 Å². The Labute approximate surface area is 190 Å². The fraction of sp³-hybridized carbons (Fsp3) is 0.870. The normalized spacial score (nSPS) is 15.3. The zero-order valence-electron chi connectivity index (χ0n) is 19.8. The Hall–Kier alpha value is -0.800. The second kappa shape index (κ2) is 17.7. The average molecular weight is 464 g/mol. The Bertz CT molecular complexity index is 589. The molecule has 0 aliphatic heterocycles. The van der Waals surface area contributed by atoms with Crippen molar-refractivity contribution in [1.82, 2.24) is 0 Å². The van der Waals surface area contributed by atoms with E-state index >= 15 is 0 Å². The summed E-state index contributed by atoms with van der Waals surface area (Å²) in [5.74, 6) is -0.338. The van der Waals surface area contributed by atoms with Crippen molar-refractivity contribution in [2.45, 2.75) is 115 Å². The summed E-state index contributed by atoms with van der Waals surface area (Å²) < 4.78 is 31.7. The van der Waals surface area contributed by atoms with Crippen LogP contribution >= 0.6 is 0 Å². The van der Waals surface area contributed by atoms with Gasteiger partial charge in [-0.15, -0.1) is 0 Å². The number of carbonyl (C=O) groups is 1. The summed E-state index contributed by atoms with van der Waals surface area (Å²) in [5.41, 5.74) is 4.37. The Morgan fingerprint density at radius 2 is 1.45 bits per heavy atom. The van der Waals surface area contributed by atoms with E-state index in [1.807, 2.05) is 0 Å². The third-order valence-electron chi connectivity index (χ3n) is 5.54. The van der Waals surface area contributed by atoms with Gasteiger partial charge in [0.25, 0.3) is 0 Å². The Morgan fingerprint density at radius 3 is 1.94 bits per heavy atom. The van der Waals surface area contributed by atoms with E-state index in [1.165, 1.54) is 51.9 Å². The van der Waals surface area contributed by atoms with Gasteiger partial charge in [0.1, 0.15) is 11.6 Å². The van der Waals surface area contributed by atoms with Gasteiger partial charge in [-0.3, -0.25) is 8.98 Å². The van der Waals surface area contributed by atoms with Gasteiger partial charge in [-0.05, 0) is 39.0 Å². The molecule has 0 fully saturated rings. The highest BCUT2D eigenvalue weighted by molar-refractivity contribution is 7.81. The number of allylic oxidation sites excluding steroid dienone is 2. The van der Waals surface area contributed by atoms with Gasteiger partial charge in [0.05, 0.1) is 13.7 Å². The van der Waals surface area contributed by atoms with E-state index in [1.54, 1.807) is 0 Å². The number of aliphatic hydroxyl groups excluding tert-OH is 1. The number of carbonyl (C=O) groups excluding carboxylic acids is 1. The van der Waals surface area contributed by atoms with Crippen LogP contribution in [0.1, 0.15) is 104 Å². The standard InChI is InChI=1S/C23H45NO6S/c1-4-5-6-7-8-9-10-11-12-13-14-15-16-17-18-19-21(26)23(2,24)22(20-25)30-31(27,28)29-3/h11-12,22,25H,4-10,13-20,24H2,1-3H3/b12-11-. The summed E-state index contributed by atoms with van der Waals surface area (Å²) in [6.07, 6.45) is 18.5. The van der Waals surface area contributed by atoms with Gasteiger partial charge in [-0.2, -0.15) is 8.42 Å². The van der Waals surface area contributed by atoms with Gasteiger partial charge >= 0.3 is 10.4 Å². The third-order valence-corrected chi connectivity index (χ3v) is 6.42. The lowest BCUT2D eigenvalue weighted by molar-refractivity contribution is -0.128. The minimum Gasteiger partial charge on any atom is -0.394 e. The average Bonchev–Trinajstić information content (AvgIpc) is 2.74. The summed E-state index contributed by atoms with van der Waals surface area (Å²) in [6.45, 7) is 2.91. The van der Waals surface area contributed by atoms with E-state index in [0.29, 0.717) is 6.42 Å². The molecule has 0 aromatic carbocycles. The molecule has 0 radical (unpaired) electrons. The van der Waals surface area contributed by atoms with Gasteiger partial charge in [-0.1, -0.05) is 70.4 Å². The number of aliphatic hydroxyl groups is 1. The lowest BCUT2D eigenvalue weighted by Gasteiger charge is -2.30. The number of unbranched alkanes of at least 4 members (excludes halogenated alkanes) is 11. The molecule has 3 N–H and O–H groups in total. The summed E-state index contributed by atoms with van der Waals surface area (Å²) in [7, 11) is -3.36. The van der Waals surface area contributed by atoms with Crippen LogP contribution in [0.3, 0.4) is 0 Å². The summed E-state index contributed by atoms with van der Waals surface area (Å²) in [5, 5.41) is 9.39. The molecule has 2 atom stereocenters. The zero-order valence-corrected chi connectivity index (χ0v) is 20.6. The van der Waals surface area contributed by atoms with Crippen LogP contribution in [0.25, 0.3) is 0 Å². The molecule has 0 aliphatic carbocycles. The van der Waals surface area contributed by atoms with Crippen LogP contribution in [0.5, 0.6) is 0 Å². The van der Waals surface area contributed by atoms with Crippen molar-refractivity contribution in [2.24, 2.45) is 5.73 Å². The fourth-order valence-electron chi connectivity index (χ4n) is 3.31. The Morgan fingerprint density at radius 1 is 0.968 bits per heavy atom. The van der Waals surface area contributed by atoms with Crippen LogP contribution in [0.4, 0.5) is 0 Å². The molecule has 0 spiro atoms. The minimum atomic E-state index is -4.30. The maximum Gasteiger partial charge on any atom is 0.400 e. The molecule has 7 nitrogen and oxygen atoms in total. The van der Waals surface area contributed by atoms with Crippen LogP contribution in [-0.2, 0) is 23.6 Å². The van der Waals surface area contributed by atoms with E-state index in [-0.39, 0.29) is 12.2 Å². The number of rotatable bonds is 21. The smallest absolute Gasteiger partial charge is 0.394 e. The Kier molecular flexibility index (Phi) is 17.3. The van der Waals surface area contributed by atoms with Crippen LogP contribution in [0.2, 0.25) is 0 Å². The van der Waals surface area contributed by atoms with E-state index < -0.39 is 28.6 Å². The SMILES string of the molecule is CCCCCCCC/C=C\CCCCCCCC(=O)C(C)(N)C(CO)OS(=O)(=O)OC. The molecule has 184 valence electrons. The predicted molar refractivity (Wildman–Crippen MR) is 125 cm³/mol. The van der Waals surface area contributed by atoms with Crippen LogP contribution in [0.15, 0.2) is 12.2 Å². The van der Waals surface area contributed by atoms with Gasteiger partial charge in [0.2, 0.25) is 0 Å². The maximum atomic E-state index is 12.4. The third kappa shape index (κ3) is 14.8. The molecule has 0 amide bonds. The molecule has 2 unspecified atom stereocenters. The van der Waals surface area contributed by atoms with Crippen LogP contribution < -0.4 is 5.73 Å². The summed E-state index contributed by atoms with van der Waals surface area (Å²) in [6, 6.07) is 0.